The molecule has 0 aromatic rings. The van der Waals surface area contributed by atoms with E-state index in [9.17, 15) is 8.42 Å². The monoisotopic (exact) mass is 300 g/mol. The molecule has 0 saturated heterocycles. The van der Waals surface area contributed by atoms with Gasteiger partial charge in [-0.25, -0.2) is 8.42 Å². The van der Waals surface area contributed by atoms with E-state index in [2.05, 4.69) is 32.2 Å². The Morgan fingerprint density at radius 3 is 2.55 bits per heavy atom. The summed E-state index contributed by atoms with van der Waals surface area (Å²) in [7, 11) is -3.08. The van der Waals surface area contributed by atoms with Gasteiger partial charge in [-0.2, -0.15) is 4.31 Å². The SMILES string of the molecule is CC(C)(C)C1=CCN(S(=O)(=O)CCCNC2CC2)CC1. The Balaban J connectivity index is 1.79. The molecule has 1 N–H and O–H groups in total. The largest absolute Gasteiger partial charge is 0.314 e. The molecule has 0 radical (unpaired) electrons. The molecule has 0 bridgehead atoms. The molecule has 0 atom stereocenters. The van der Waals surface area contributed by atoms with E-state index in [1.807, 2.05) is 0 Å². The summed E-state index contributed by atoms with van der Waals surface area (Å²) in [5.41, 5.74) is 1.53. The van der Waals surface area contributed by atoms with E-state index in [0.717, 1.165) is 13.0 Å². The summed E-state index contributed by atoms with van der Waals surface area (Å²) >= 11 is 0. The summed E-state index contributed by atoms with van der Waals surface area (Å²) in [6.07, 6.45) is 6.18. The van der Waals surface area contributed by atoms with Gasteiger partial charge >= 0.3 is 0 Å². The average molecular weight is 300 g/mol. The van der Waals surface area contributed by atoms with Crippen LogP contribution in [0.4, 0.5) is 0 Å². The van der Waals surface area contributed by atoms with Gasteiger partial charge in [0.15, 0.2) is 0 Å². The van der Waals surface area contributed by atoms with Gasteiger partial charge in [0, 0.05) is 19.1 Å². The minimum absolute atomic E-state index is 0.157. The highest BCUT2D eigenvalue weighted by Crippen LogP contribution is 2.30. The van der Waals surface area contributed by atoms with E-state index in [1.54, 1.807) is 4.31 Å². The first-order valence-electron chi connectivity index (χ1n) is 7.70. The zero-order valence-corrected chi connectivity index (χ0v) is 13.8. The predicted octanol–water partition coefficient (Wildman–Crippen LogP) is 2.14. The summed E-state index contributed by atoms with van der Waals surface area (Å²) in [4.78, 5) is 0. The van der Waals surface area contributed by atoms with E-state index in [1.165, 1.54) is 18.4 Å². The summed E-state index contributed by atoms with van der Waals surface area (Å²) in [5, 5.41) is 3.36. The number of hydrogen-bond donors (Lipinski definition) is 1. The Bertz CT molecular complexity index is 459. The van der Waals surface area contributed by atoms with Gasteiger partial charge in [-0.1, -0.05) is 32.4 Å². The molecule has 1 saturated carbocycles. The smallest absolute Gasteiger partial charge is 0.214 e. The lowest BCUT2D eigenvalue weighted by Gasteiger charge is -2.31. The van der Waals surface area contributed by atoms with Crippen LogP contribution in [0, 0.1) is 5.41 Å². The Hall–Kier alpha value is -0.390. The standard InChI is InChI=1S/C15H28N2O2S/c1-15(2,3)13-7-10-17(11-8-13)20(18,19)12-4-9-16-14-5-6-14/h7,14,16H,4-6,8-12H2,1-3H3. The topological polar surface area (TPSA) is 49.4 Å². The number of rotatable bonds is 6. The summed E-state index contributed by atoms with van der Waals surface area (Å²) < 4.78 is 26.2. The van der Waals surface area contributed by atoms with Crippen LogP contribution in [0.15, 0.2) is 11.6 Å². The molecule has 1 aliphatic heterocycles. The van der Waals surface area contributed by atoms with Crippen LogP contribution in [-0.2, 0) is 10.0 Å². The minimum Gasteiger partial charge on any atom is -0.314 e. The predicted molar refractivity (Wildman–Crippen MR) is 83.2 cm³/mol. The Labute approximate surface area is 123 Å². The first-order valence-corrected chi connectivity index (χ1v) is 9.31. The van der Waals surface area contributed by atoms with E-state index < -0.39 is 10.0 Å². The van der Waals surface area contributed by atoms with Gasteiger partial charge in [-0.3, -0.25) is 0 Å². The van der Waals surface area contributed by atoms with Gasteiger partial charge in [-0.05, 0) is 37.6 Å². The van der Waals surface area contributed by atoms with Crippen LogP contribution >= 0.6 is 0 Å². The number of nitrogens with one attached hydrogen (secondary N) is 1. The van der Waals surface area contributed by atoms with Crippen molar-refractivity contribution in [2.75, 3.05) is 25.4 Å². The quantitative estimate of drug-likeness (QED) is 0.604. The van der Waals surface area contributed by atoms with Crippen LogP contribution in [0.5, 0.6) is 0 Å². The highest BCUT2D eigenvalue weighted by atomic mass is 32.2. The van der Waals surface area contributed by atoms with E-state index in [0.29, 0.717) is 25.6 Å². The van der Waals surface area contributed by atoms with Crippen molar-refractivity contribution in [3.63, 3.8) is 0 Å². The van der Waals surface area contributed by atoms with Crippen molar-refractivity contribution < 1.29 is 8.42 Å². The fourth-order valence-corrected chi connectivity index (χ4v) is 4.00. The van der Waals surface area contributed by atoms with Gasteiger partial charge in [-0.15, -0.1) is 0 Å². The number of nitrogens with zero attached hydrogens (tertiary/aromatic N) is 1. The minimum atomic E-state index is -3.08. The molecule has 20 heavy (non-hydrogen) atoms. The average Bonchev–Trinajstić information content (AvgIpc) is 3.18. The lowest BCUT2D eigenvalue weighted by atomic mass is 9.83. The van der Waals surface area contributed by atoms with E-state index in [-0.39, 0.29) is 11.2 Å². The van der Waals surface area contributed by atoms with Gasteiger partial charge in [0.2, 0.25) is 10.0 Å². The second-order valence-electron chi connectivity index (χ2n) is 6.99. The highest BCUT2D eigenvalue weighted by molar-refractivity contribution is 7.89. The molecule has 2 aliphatic rings. The lowest BCUT2D eigenvalue weighted by molar-refractivity contribution is 0.389. The van der Waals surface area contributed by atoms with Crippen molar-refractivity contribution >= 4 is 10.0 Å². The van der Waals surface area contributed by atoms with Crippen LogP contribution in [0.1, 0.15) is 46.5 Å². The summed E-state index contributed by atoms with van der Waals surface area (Å²) in [6.45, 7) is 8.57. The van der Waals surface area contributed by atoms with Crippen molar-refractivity contribution in [3.8, 4) is 0 Å². The third kappa shape index (κ3) is 4.57. The molecular formula is C15H28N2O2S. The van der Waals surface area contributed by atoms with E-state index in [4.69, 9.17) is 0 Å². The molecule has 5 heteroatoms. The van der Waals surface area contributed by atoms with Gasteiger partial charge in [0.05, 0.1) is 5.75 Å². The maximum absolute atomic E-state index is 12.3. The molecule has 0 spiro atoms. The third-order valence-corrected chi connectivity index (χ3v) is 6.04. The van der Waals surface area contributed by atoms with E-state index >= 15 is 0 Å². The molecular weight excluding hydrogens is 272 g/mol. The van der Waals surface area contributed by atoms with Crippen LogP contribution in [-0.4, -0.2) is 44.2 Å². The Morgan fingerprint density at radius 1 is 1.35 bits per heavy atom. The fraction of sp³-hybridized carbons (Fsp3) is 0.867. The van der Waals surface area contributed by atoms with Crippen LogP contribution in [0.2, 0.25) is 0 Å². The van der Waals surface area contributed by atoms with Crippen LogP contribution < -0.4 is 5.32 Å². The molecule has 0 unspecified atom stereocenters. The molecule has 4 nitrogen and oxygen atoms in total. The first-order chi connectivity index (χ1) is 9.29. The highest BCUT2D eigenvalue weighted by Gasteiger charge is 2.27. The Morgan fingerprint density at radius 2 is 2.05 bits per heavy atom. The first kappa shape index (κ1) is 16.0. The van der Waals surface area contributed by atoms with Crippen molar-refractivity contribution in [2.45, 2.75) is 52.5 Å². The van der Waals surface area contributed by atoms with Crippen molar-refractivity contribution in [1.29, 1.82) is 0 Å². The molecule has 1 aliphatic carbocycles. The maximum Gasteiger partial charge on any atom is 0.214 e. The third-order valence-electron chi connectivity index (χ3n) is 4.12. The summed E-state index contributed by atoms with van der Waals surface area (Å²) in [5.74, 6) is 0.269. The molecule has 0 aromatic carbocycles. The van der Waals surface area contributed by atoms with Gasteiger partial charge in [0.25, 0.3) is 0 Å². The zero-order chi connectivity index (χ0) is 14.8. The molecule has 116 valence electrons. The van der Waals surface area contributed by atoms with Gasteiger partial charge < -0.3 is 5.32 Å². The molecule has 1 heterocycles. The maximum atomic E-state index is 12.3. The van der Waals surface area contributed by atoms with Crippen LogP contribution in [0.25, 0.3) is 0 Å². The van der Waals surface area contributed by atoms with Gasteiger partial charge in [0.1, 0.15) is 0 Å². The second-order valence-corrected chi connectivity index (χ2v) is 9.07. The van der Waals surface area contributed by atoms with Crippen molar-refractivity contribution in [2.24, 2.45) is 5.41 Å². The molecule has 0 amide bonds. The molecule has 0 aromatic heterocycles. The zero-order valence-electron chi connectivity index (χ0n) is 13.0. The number of sulfonamides is 1. The molecule has 1 fully saturated rings. The normalized spacial score (nSPS) is 21.9. The molecule has 2 rings (SSSR count). The number of hydrogen-bond acceptors (Lipinski definition) is 3. The lowest BCUT2D eigenvalue weighted by Crippen LogP contribution is -2.38. The fourth-order valence-electron chi connectivity index (χ4n) is 2.56. The van der Waals surface area contributed by atoms with Crippen LogP contribution in [0.3, 0.4) is 0 Å². The van der Waals surface area contributed by atoms with Crippen molar-refractivity contribution in [1.82, 2.24) is 9.62 Å². The van der Waals surface area contributed by atoms with Crippen molar-refractivity contribution in [3.05, 3.63) is 11.6 Å². The Kier molecular flexibility index (Phi) is 4.92. The summed E-state index contributed by atoms with van der Waals surface area (Å²) in [6, 6.07) is 0.657. The second kappa shape index (κ2) is 6.16.